The van der Waals surface area contributed by atoms with Crippen molar-refractivity contribution in [3.8, 4) is 0 Å². The highest BCUT2D eigenvalue weighted by Crippen LogP contribution is 2.20. The molecular formula is C12H18N4O. The first-order valence-corrected chi connectivity index (χ1v) is 6.36. The Labute approximate surface area is 100 Å². The molecule has 0 saturated carbocycles. The quantitative estimate of drug-likeness (QED) is 0.727. The molecule has 92 valence electrons. The van der Waals surface area contributed by atoms with E-state index < -0.39 is 0 Å². The highest BCUT2D eigenvalue weighted by atomic mass is 16.1. The van der Waals surface area contributed by atoms with Gasteiger partial charge in [-0.3, -0.25) is 9.78 Å². The molecule has 1 aliphatic carbocycles. The van der Waals surface area contributed by atoms with Crippen LogP contribution in [-0.4, -0.2) is 29.1 Å². The first kappa shape index (κ1) is 10.8. The second-order valence-electron chi connectivity index (χ2n) is 5.02. The predicted molar refractivity (Wildman–Crippen MR) is 66.3 cm³/mol. The zero-order valence-electron chi connectivity index (χ0n) is 9.91. The van der Waals surface area contributed by atoms with Crippen LogP contribution in [0.3, 0.4) is 0 Å². The van der Waals surface area contributed by atoms with Gasteiger partial charge in [0.1, 0.15) is 0 Å². The van der Waals surface area contributed by atoms with E-state index in [1.54, 1.807) is 0 Å². The van der Waals surface area contributed by atoms with Gasteiger partial charge in [0, 0.05) is 24.7 Å². The lowest BCUT2D eigenvalue weighted by molar-refractivity contribution is 0.653. The van der Waals surface area contributed by atoms with Gasteiger partial charge in [0.15, 0.2) is 0 Å². The summed E-state index contributed by atoms with van der Waals surface area (Å²) < 4.78 is 0. The second-order valence-corrected chi connectivity index (χ2v) is 5.02. The molecule has 2 heterocycles. The smallest absolute Gasteiger partial charge is 0.255 e. The number of H-pyrrole nitrogens is 1. The minimum absolute atomic E-state index is 0.0465. The maximum atomic E-state index is 12.0. The van der Waals surface area contributed by atoms with Gasteiger partial charge in [-0.2, -0.15) is 0 Å². The molecule has 0 bridgehead atoms. The number of hydrogen-bond donors (Lipinski definition) is 2. The van der Waals surface area contributed by atoms with Gasteiger partial charge in [0.2, 0.25) is 5.95 Å². The van der Waals surface area contributed by atoms with Crippen LogP contribution in [0.1, 0.15) is 30.5 Å². The topological polar surface area (TPSA) is 75.0 Å². The first-order valence-electron chi connectivity index (χ1n) is 6.36. The minimum Gasteiger partial charge on any atom is -0.341 e. The van der Waals surface area contributed by atoms with Crippen molar-refractivity contribution < 1.29 is 0 Å². The SMILES string of the molecule is N[C@@H]1CCN(c2nc3c(c(=O)[nH]2)CCCC3)C1. The third-order valence-electron chi connectivity index (χ3n) is 3.70. The molecule has 1 atom stereocenters. The number of aryl methyl sites for hydroxylation is 1. The molecule has 3 N–H and O–H groups in total. The van der Waals surface area contributed by atoms with E-state index in [1.807, 2.05) is 0 Å². The molecule has 0 spiro atoms. The van der Waals surface area contributed by atoms with Crippen LogP contribution in [0.25, 0.3) is 0 Å². The van der Waals surface area contributed by atoms with Gasteiger partial charge in [0.05, 0.1) is 5.69 Å². The van der Waals surface area contributed by atoms with E-state index >= 15 is 0 Å². The van der Waals surface area contributed by atoms with E-state index in [0.29, 0.717) is 5.95 Å². The van der Waals surface area contributed by atoms with E-state index in [2.05, 4.69) is 14.9 Å². The molecule has 1 saturated heterocycles. The van der Waals surface area contributed by atoms with Crippen LogP contribution in [0.5, 0.6) is 0 Å². The number of aromatic amines is 1. The molecule has 2 aliphatic rings. The van der Waals surface area contributed by atoms with E-state index in [1.165, 1.54) is 0 Å². The molecule has 0 radical (unpaired) electrons. The van der Waals surface area contributed by atoms with E-state index in [4.69, 9.17) is 5.73 Å². The van der Waals surface area contributed by atoms with E-state index in [-0.39, 0.29) is 11.6 Å². The molecule has 1 aromatic heterocycles. The zero-order valence-corrected chi connectivity index (χ0v) is 9.91. The predicted octanol–water partition coefficient (Wildman–Crippen LogP) is 0.186. The zero-order chi connectivity index (χ0) is 11.8. The Morgan fingerprint density at radius 3 is 2.94 bits per heavy atom. The third kappa shape index (κ3) is 1.95. The van der Waals surface area contributed by atoms with Gasteiger partial charge in [-0.15, -0.1) is 0 Å². The summed E-state index contributed by atoms with van der Waals surface area (Å²) in [5.74, 6) is 0.712. The van der Waals surface area contributed by atoms with E-state index in [0.717, 1.165) is 56.5 Å². The van der Waals surface area contributed by atoms with Crippen molar-refractivity contribution in [2.75, 3.05) is 18.0 Å². The Kier molecular flexibility index (Phi) is 2.63. The Morgan fingerprint density at radius 1 is 1.35 bits per heavy atom. The van der Waals surface area contributed by atoms with Crippen molar-refractivity contribution in [2.45, 2.75) is 38.1 Å². The minimum atomic E-state index is 0.0465. The molecule has 0 unspecified atom stereocenters. The van der Waals surface area contributed by atoms with Crippen LogP contribution < -0.4 is 16.2 Å². The number of anilines is 1. The average Bonchev–Trinajstić information content (AvgIpc) is 2.76. The van der Waals surface area contributed by atoms with Gasteiger partial charge in [-0.25, -0.2) is 4.98 Å². The lowest BCUT2D eigenvalue weighted by Crippen LogP contribution is -2.31. The van der Waals surface area contributed by atoms with Gasteiger partial charge in [0.25, 0.3) is 5.56 Å². The van der Waals surface area contributed by atoms with Crippen molar-refractivity contribution in [1.29, 1.82) is 0 Å². The number of nitrogens with one attached hydrogen (secondary N) is 1. The summed E-state index contributed by atoms with van der Waals surface area (Å²) in [4.78, 5) is 21.6. The summed E-state index contributed by atoms with van der Waals surface area (Å²) in [6.07, 6.45) is 5.03. The molecule has 1 fully saturated rings. The summed E-state index contributed by atoms with van der Waals surface area (Å²) in [5.41, 5.74) is 7.81. The van der Waals surface area contributed by atoms with Crippen LogP contribution in [-0.2, 0) is 12.8 Å². The lowest BCUT2D eigenvalue weighted by atomic mass is 9.97. The summed E-state index contributed by atoms with van der Waals surface area (Å²) in [6.45, 7) is 1.69. The fourth-order valence-corrected chi connectivity index (χ4v) is 2.72. The molecule has 17 heavy (non-hydrogen) atoms. The molecule has 0 amide bonds. The van der Waals surface area contributed by atoms with Crippen molar-refractivity contribution in [3.63, 3.8) is 0 Å². The summed E-state index contributed by atoms with van der Waals surface area (Å²) >= 11 is 0. The fourth-order valence-electron chi connectivity index (χ4n) is 2.72. The largest absolute Gasteiger partial charge is 0.341 e. The highest BCUT2D eigenvalue weighted by Gasteiger charge is 2.23. The van der Waals surface area contributed by atoms with Gasteiger partial charge < -0.3 is 10.6 Å². The van der Waals surface area contributed by atoms with Gasteiger partial charge >= 0.3 is 0 Å². The standard InChI is InChI=1S/C12H18N4O/c13-8-5-6-16(7-8)12-14-10-4-2-1-3-9(10)11(17)15-12/h8H,1-7,13H2,(H,14,15,17)/t8-/m1/s1. The summed E-state index contributed by atoms with van der Waals surface area (Å²) in [5, 5.41) is 0. The average molecular weight is 234 g/mol. The summed E-state index contributed by atoms with van der Waals surface area (Å²) in [6, 6.07) is 0.205. The molecule has 1 aromatic rings. The van der Waals surface area contributed by atoms with Crippen molar-refractivity contribution in [3.05, 3.63) is 21.6 Å². The van der Waals surface area contributed by atoms with Crippen LogP contribution in [0.4, 0.5) is 5.95 Å². The number of hydrogen-bond acceptors (Lipinski definition) is 4. The fraction of sp³-hybridized carbons (Fsp3) is 0.667. The Bertz CT molecular complexity index is 482. The molecule has 1 aliphatic heterocycles. The molecule has 5 nitrogen and oxygen atoms in total. The van der Waals surface area contributed by atoms with Crippen LogP contribution in [0.2, 0.25) is 0 Å². The Morgan fingerprint density at radius 2 is 2.18 bits per heavy atom. The monoisotopic (exact) mass is 234 g/mol. The maximum absolute atomic E-state index is 12.0. The molecule has 5 heteroatoms. The number of rotatable bonds is 1. The third-order valence-corrected chi connectivity index (χ3v) is 3.70. The number of nitrogens with zero attached hydrogens (tertiary/aromatic N) is 2. The van der Waals surface area contributed by atoms with Crippen molar-refractivity contribution in [1.82, 2.24) is 9.97 Å². The van der Waals surface area contributed by atoms with Gasteiger partial charge in [-0.1, -0.05) is 0 Å². The summed E-state index contributed by atoms with van der Waals surface area (Å²) in [7, 11) is 0. The normalized spacial score (nSPS) is 23.8. The molecule has 3 rings (SSSR count). The number of aromatic nitrogens is 2. The highest BCUT2D eigenvalue weighted by molar-refractivity contribution is 5.35. The Hall–Kier alpha value is -1.36. The lowest BCUT2D eigenvalue weighted by Gasteiger charge is -2.20. The number of nitrogens with two attached hydrogens (primary N) is 1. The number of fused-ring (bicyclic) bond motifs is 1. The molecule has 0 aromatic carbocycles. The second kappa shape index (κ2) is 4.14. The van der Waals surface area contributed by atoms with Crippen LogP contribution in [0.15, 0.2) is 4.79 Å². The van der Waals surface area contributed by atoms with Crippen molar-refractivity contribution in [2.24, 2.45) is 5.73 Å². The van der Waals surface area contributed by atoms with Crippen LogP contribution >= 0.6 is 0 Å². The van der Waals surface area contributed by atoms with Crippen molar-refractivity contribution >= 4 is 5.95 Å². The molecular weight excluding hydrogens is 216 g/mol. The van der Waals surface area contributed by atoms with E-state index in [9.17, 15) is 4.79 Å². The van der Waals surface area contributed by atoms with Gasteiger partial charge in [-0.05, 0) is 32.1 Å². The van der Waals surface area contributed by atoms with Crippen LogP contribution in [0, 0.1) is 0 Å². The first-order chi connectivity index (χ1) is 8.24. The Balaban J connectivity index is 1.96. The maximum Gasteiger partial charge on any atom is 0.255 e.